The zero-order valence-corrected chi connectivity index (χ0v) is 23.6. The van der Waals surface area contributed by atoms with Crippen LogP contribution in [0.5, 0.6) is 5.75 Å². The molecular weight excluding hydrogens is 594 g/mol. The van der Waals surface area contributed by atoms with Gasteiger partial charge in [-0.25, -0.2) is 27.3 Å². The van der Waals surface area contributed by atoms with Crippen LogP contribution in [0.25, 0.3) is 28.5 Å². The average molecular weight is 619 g/mol. The van der Waals surface area contributed by atoms with E-state index in [1.807, 2.05) is 0 Å². The SMILES string of the molecule is Cn1ccc(S(=O)(=O)N2CCC[C@@H](Nc3nccc(-c4c(-c5ccc(F)c(OP(=O)(O)O)c5)nc5occn45)n3)C2)n1. The third-order valence-corrected chi connectivity index (χ3v) is 8.79. The number of aromatic nitrogens is 6. The highest BCUT2D eigenvalue weighted by Crippen LogP contribution is 2.41. The summed E-state index contributed by atoms with van der Waals surface area (Å²) < 4.78 is 66.2. The summed E-state index contributed by atoms with van der Waals surface area (Å²) in [7, 11) is -7.15. The Balaban J connectivity index is 1.30. The molecule has 0 bridgehead atoms. The van der Waals surface area contributed by atoms with Gasteiger partial charge in [0.1, 0.15) is 17.7 Å². The monoisotopic (exact) mass is 618 g/mol. The smallest absolute Gasteiger partial charge is 0.432 e. The minimum Gasteiger partial charge on any atom is -0.432 e. The minimum atomic E-state index is -5.03. The van der Waals surface area contributed by atoms with Crippen molar-refractivity contribution < 1.29 is 36.1 Å². The van der Waals surface area contributed by atoms with Crippen molar-refractivity contribution in [3.63, 3.8) is 0 Å². The van der Waals surface area contributed by atoms with Gasteiger partial charge in [0.2, 0.25) is 5.95 Å². The molecule has 18 heteroatoms. The molecule has 0 unspecified atom stereocenters. The van der Waals surface area contributed by atoms with E-state index in [1.165, 1.54) is 33.6 Å². The summed E-state index contributed by atoms with van der Waals surface area (Å²) in [5, 5.41) is 7.25. The maximum absolute atomic E-state index is 14.3. The molecule has 1 saturated heterocycles. The summed E-state index contributed by atoms with van der Waals surface area (Å²) in [4.78, 5) is 31.8. The van der Waals surface area contributed by atoms with Crippen molar-refractivity contribution in [2.45, 2.75) is 23.9 Å². The molecule has 3 N–H and O–H groups in total. The Morgan fingerprint density at radius 1 is 1.19 bits per heavy atom. The summed E-state index contributed by atoms with van der Waals surface area (Å²) in [6.07, 6.45) is 7.42. The summed E-state index contributed by atoms with van der Waals surface area (Å²) in [6.45, 7) is 0.551. The summed E-state index contributed by atoms with van der Waals surface area (Å²) >= 11 is 0. The van der Waals surface area contributed by atoms with Crippen molar-refractivity contribution >= 4 is 29.6 Å². The standard InChI is InChI=1S/C24H24FN8O7PS/c1-31-10-7-20(30-31)42(37,38)32-9-2-3-16(14-32)27-23-26-8-6-18(28-23)22-21(29-24-33(22)11-12-39-24)15-4-5-17(25)19(13-15)40-41(34,35)36/h4-8,10-13,16H,2-3,9,14H2,1H3,(H,26,27,28)(H2,34,35,36)/t16-/m1/s1. The van der Waals surface area contributed by atoms with Crippen LogP contribution < -0.4 is 9.84 Å². The van der Waals surface area contributed by atoms with Crippen LogP contribution >= 0.6 is 7.82 Å². The number of hydrogen-bond donors (Lipinski definition) is 3. The quantitative estimate of drug-likeness (QED) is 0.216. The molecule has 1 aliphatic rings. The van der Waals surface area contributed by atoms with E-state index >= 15 is 0 Å². The zero-order valence-electron chi connectivity index (χ0n) is 21.9. The van der Waals surface area contributed by atoms with Crippen molar-refractivity contribution in [1.29, 1.82) is 0 Å². The van der Waals surface area contributed by atoms with Crippen LogP contribution in [-0.4, -0.2) is 70.8 Å². The summed E-state index contributed by atoms with van der Waals surface area (Å²) in [5.74, 6) is -1.18. The number of rotatable bonds is 8. The van der Waals surface area contributed by atoms with Crippen LogP contribution in [0.4, 0.5) is 10.3 Å². The fraction of sp³-hybridized carbons (Fsp3) is 0.250. The molecule has 1 aliphatic heterocycles. The maximum atomic E-state index is 14.3. The Kier molecular flexibility index (Phi) is 7.06. The molecule has 1 atom stereocenters. The highest BCUT2D eigenvalue weighted by atomic mass is 32.2. The van der Waals surface area contributed by atoms with Gasteiger partial charge < -0.3 is 14.3 Å². The Bertz CT molecular complexity index is 1940. The Morgan fingerprint density at radius 2 is 2.02 bits per heavy atom. The van der Waals surface area contributed by atoms with Crippen molar-refractivity contribution in [3.05, 3.63) is 61.0 Å². The normalized spacial score (nSPS) is 16.6. The molecule has 0 spiro atoms. The van der Waals surface area contributed by atoms with Crippen LogP contribution in [-0.2, 0) is 21.6 Å². The molecule has 5 aromatic rings. The number of imidazole rings is 1. The van der Waals surface area contributed by atoms with E-state index in [1.54, 1.807) is 29.9 Å². The van der Waals surface area contributed by atoms with Crippen molar-refractivity contribution in [1.82, 2.24) is 33.4 Å². The highest BCUT2D eigenvalue weighted by Gasteiger charge is 2.32. The van der Waals surface area contributed by atoms with E-state index in [-0.39, 0.29) is 40.7 Å². The van der Waals surface area contributed by atoms with Gasteiger partial charge in [-0.1, -0.05) is 0 Å². The van der Waals surface area contributed by atoms with E-state index in [9.17, 15) is 27.2 Å². The van der Waals surface area contributed by atoms with Crippen LogP contribution in [0.3, 0.4) is 0 Å². The van der Waals surface area contributed by atoms with Gasteiger partial charge in [-0.15, -0.1) is 0 Å². The number of nitrogens with one attached hydrogen (secondary N) is 1. The molecule has 0 saturated carbocycles. The molecule has 5 heterocycles. The second-order valence-corrected chi connectivity index (χ2v) is 12.6. The molecule has 4 aromatic heterocycles. The van der Waals surface area contributed by atoms with Crippen LogP contribution in [0.1, 0.15) is 12.8 Å². The lowest BCUT2D eigenvalue weighted by molar-refractivity contribution is 0.278. The molecule has 15 nitrogen and oxygen atoms in total. The van der Waals surface area contributed by atoms with Gasteiger partial charge in [0.05, 0.1) is 5.69 Å². The zero-order chi connectivity index (χ0) is 29.6. The molecular formula is C24H24FN8O7PS. The Hall–Kier alpha value is -4.15. The first kappa shape index (κ1) is 28.0. The van der Waals surface area contributed by atoms with E-state index in [4.69, 9.17) is 4.42 Å². The average Bonchev–Trinajstić information content (AvgIpc) is 3.66. The summed E-state index contributed by atoms with van der Waals surface area (Å²) in [5.41, 5.74) is 1.39. The Morgan fingerprint density at radius 3 is 2.79 bits per heavy atom. The third-order valence-electron chi connectivity index (χ3n) is 6.59. The van der Waals surface area contributed by atoms with Gasteiger partial charge in [-0.05, 0) is 43.2 Å². The number of aryl methyl sites for hydroxylation is 1. The maximum Gasteiger partial charge on any atom is 0.524 e. The number of halogens is 1. The van der Waals surface area contributed by atoms with Gasteiger partial charge in [0, 0.05) is 50.3 Å². The largest absolute Gasteiger partial charge is 0.524 e. The first-order valence-corrected chi connectivity index (χ1v) is 15.6. The predicted octanol–water partition coefficient (Wildman–Crippen LogP) is 2.66. The Labute approximate surface area is 237 Å². The van der Waals surface area contributed by atoms with Crippen molar-refractivity contribution in [2.75, 3.05) is 18.4 Å². The number of hydrogen-bond acceptors (Lipinski definition) is 10. The molecule has 1 aromatic carbocycles. The van der Waals surface area contributed by atoms with Crippen LogP contribution in [0.15, 0.2) is 64.6 Å². The second-order valence-electron chi connectivity index (χ2n) is 9.53. The number of phosphoric acid groups is 1. The van der Waals surface area contributed by atoms with Crippen molar-refractivity contribution in [2.24, 2.45) is 7.05 Å². The van der Waals surface area contributed by atoms with E-state index in [2.05, 4.69) is 29.9 Å². The van der Waals surface area contributed by atoms with Crippen molar-refractivity contribution in [3.8, 4) is 28.4 Å². The number of anilines is 1. The third kappa shape index (κ3) is 5.52. The van der Waals surface area contributed by atoms with Gasteiger partial charge >= 0.3 is 13.7 Å². The molecule has 0 amide bonds. The number of nitrogens with zero attached hydrogens (tertiary/aromatic N) is 7. The van der Waals surface area contributed by atoms with E-state index < -0.39 is 29.4 Å². The molecule has 0 radical (unpaired) electrons. The van der Waals surface area contributed by atoms with Gasteiger partial charge in [-0.2, -0.15) is 14.4 Å². The van der Waals surface area contributed by atoms with Crippen LogP contribution in [0.2, 0.25) is 0 Å². The van der Waals surface area contributed by atoms with Gasteiger partial charge in [0.25, 0.3) is 10.0 Å². The topological polar surface area (TPSA) is 190 Å². The van der Waals surface area contributed by atoms with Crippen LogP contribution in [0, 0.1) is 5.82 Å². The minimum absolute atomic E-state index is 0.0172. The number of sulfonamides is 1. The first-order valence-electron chi connectivity index (χ1n) is 12.6. The lowest BCUT2D eigenvalue weighted by atomic mass is 10.1. The van der Waals surface area contributed by atoms with Gasteiger partial charge in [0.15, 0.2) is 16.6 Å². The predicted molar refractivity (Wildman–Crippen MR) is 145 cm³/mol. The number of oxazole rings is 1. The lowest BCUT2D eigenvalue weighted by Gasteiger charge is -2.31. The summed E-state index contributed by atoms with van der Waals surface area (Å²) in [6, 6.07) is 6.31. The molecule has 1 fully saturated rings. The number of piperidine rings is 1. The highest BCUT2D eigenvalue weighted by molar-refractivity contribution is 7.89. The van der Waals surface area contributed by atoms with E-state index in [0.717, 1.165) is 12.1 Å². The number of benzene rings is 1. The number of phosphoric ester groups is 1. The first-order chi connectivity index (χ1) is 20.0. The molecule has 220 valence electrons. The molecule has 42 heavy (non-hydrogen) atoms. The van der Waals surface area contributed by atoms with E-state index in [0.29, 0.717) is 30.8 Å². The second kappa shape index (κ2) is 10.6. The fourth-order valence-electron chi connectivity index (χ4n) is 4.77. The molecule has 6 rings (SSSR count). The lowest BCUT2D eigenvalue weighted by Crippen LogP contribution is -2.45. The fourth-order valence-corrected chi connectivity index (χ4v) is 6.64. The number of fused-ring (bicyclic) bond motifs is 1. The van der Waals surface area contributed by atoms with Gasteiger partial charge in [-0.3, -0.25) is 18.9 Å². The molecule has 0 aliphatic carbocycles.